The molecule has 1 fully saturated rings. The minimum Gasteiger partial charge on any atom is -0.480 e. The Hall–Kier alpha value is -1.39. The van der Waals surface area contributed by atoms with Crippen molar-refractivity contribution in [3.05, 3.63) is 0 Å². The summed E-state index contributed by atoms with van der Waals surface area (Å²) in [6, 6.07) is -1.09. The normalized spacial score (nSPS) is 20.6. The summed E-state index contributed by atoms with van der Waals surface area (Å²) in [6.45, 7) is 6.96. The molecule has 1 rings (SSSR count). The zero-order valence-corrected chi connectivity index (χ0v) is 10.7. The van der Waals surface area contributed by atoms with Crippen LogP contribution in [0.1, 0.15) is 40.5 Å². The smallest absolute Gasteiger partial charge is 0.327 e. The van der Waals surface area contributed by atoms with Crippen molar-refractivity contribution in [1.29, 1.82) is 0 Å². The molecule has 5 nitrogen and oxygen atoms in total. The number of nitrogens with zero attached hydrogens (tertiary/aromatic N) is 1. The van der Waals surface area contributed by atoms with E-state index in [9.17, 15) is 19.5 Å². The highest BCUT2D eigenvalue weighted by atomic mass is 16.4. The second-order valence-electron chi connectivity index (χ2n) is 5.78. The second kappa shape index (κ2) is 4.47. The highest BCUT2D eigenvalue weighted by Crippen LogP contribution is 2.30. The maximum absolute atomic E-state index is 11.8. The van der Waals surface area contributed by atoms with Gasteiger partial charge in [-0.1, -0.05) is 27.7 Å². The number of hydrogen-bond donors (Lipinski definition) is 1. The Labute approximate surface area is 101 Å². The third-order valence-corrected chi connectivity index (χ3v) is 2.90. The number of hydrogen-bond acceptors (Lipinski definition) is 3. The summed E-state index contributed by atoms with van der Waals surface area (Å²) in [5, 5.41) is 9.22. The number of imide groups is 1. The molecular weight excluding hydrogens is 222 g/mol. The molecule has 0 aliphatic carbocycles. The third-order valence-electron chi connectivity index (χ3n) is 2.90. The van der Waals surface area contributed by atoms with E-state index in [2.05, 4.69) is 0 Å². The molecule has 1 heterocycles. The summed E-state index contributed by atoms with van der Waals surface area (Å²) < 4.78 is 0. The zero-order valence-electron chi connectivity index (χ0n) is 10.7. The van der Waals surface area contributed by atoms with Crippen molar-refractivity contribution in [3.8, 4) is 0 Å². The first-order valence-electron chi connectivity index (χ1n) is 5.72. The molecule has 17 heavy (non-hydrogen) atoms. The fraction of sp³-hybridized carbons (Fsp3) is 0.750. The number of carboxylic acid groups (broad SMARTS) is 1. The van der Waals surface area contributed by atoms with Crippen molar-refractivity contribution < 1.29 is 19.5 Å². The van der Waals surface area contributed by atoms with Gasteiger partial charge < -0.3 is 5.11 Å². The first-order chi connectivity index (χ1) is 7.64. The van der Waals surface area contributed by atoms with E-state index in [1.807, 2.05) is 6.92 Å². The van der Waals surface area contributed by atoms with Gasteiger partial charge in [-0.15, -0.1) is 0 Å². The van der Waals surface area contributed by atoms with Gasteiger partial charge in [-0.05, 0) is 11.3 Å². The molecule has 0 aromatic rings. The Kier molecular flexibility index (Phi) is 3.59. The van der Waals surface area contributed by atoms with Crippen LogP contribution in [0, 0.1) is 11.3 Å². The average molecular weight is 241 g/mol. The summed E-state index contributed by atoms with van der Waals surface area (Å²) >= 11 is 0. The van der Waals surface area contributed by atoms with Gasteiger partial charge in [-0.3, -0.25) is 14.5 Å². The van der Waals surface area contributed by atoms with E-state index in [1.165, 1.54) is 0 Å². The van der Waals surface area contributed by atoms with Crippen LogP contribution in [0.15, 0.2) is 0 Å². The molecule has 1 aliphatic heterocycles. The molecule has 1 aliphatic rings. The number of piperidine rings is 1. The molecule has 1 saturated heterocycles. The molecule has 5 heteroatoms. The lowest BCUT2D eigenvalue weighted by molar-refractivity contribution is -0.166. The third kappa shape index (κ3) is 2.84. The van der Waals surface area contributed by atoms with E-state index in [1.54, 1.807) is 20.8 Å². The molecule has 96 valence electrons. The number of likely N-dealkylation sites (tertiary alicyclic amines) is 1. The van der Waals surface area contributed by atoms with Gasteiger partial charge in [-0.25, -0.2) is 4.79 Å². The van der Waals surface area contributed by atoms with Gasteiger partial charge in [0.25, 0.3) is 0 Å². The highest BCUT2D eigenvalue weighted by Gasteiger charge is 2.44. The molecule has 0 saturated carbocycles. The molecule has 2 amide bonds. The Morgan fingerprint density at radius 3 is 2.00 bits per heavy atom. The van der Waals surface area contributed by atoms with Gasteiger partial charge in [0.05, 0.1) is 0 Å². The second-order valence-corrected chi connectivity index (χ2v) is 5.78. The maximum atomic E-state index is 11.8. The molecule has 1 N–H and O–H groups in total. The van der Waals surface area contributed by atoms with Crippen molar-refractivity contribution in [2.75, 3.05) is 0 Å². The Bertz CT molecular complexity index is 338. The lowest BCUT2D eigenvalue weighted by atomic mass is 9.83. The largest absolute Gasteiger partial charge is 0.480 e. The molecule has 1 unspecified atom stereocenters. The van der Waals surface area contributed by atoms with Crippen LogP contribution >= 0.6 is 0 Å². The molecular formula is C12H19NO4. The van der Waals surface area contributed by atoms with Gasteiger partial charge in [0.2, 0.25) is 11.8 Å². The zero-order chi connectivity index (χ0) is 13.4. The van der Waals surface area contributed by atoms with Crippen LogP contribution in [0.3, 0.4) is 0 Å². The predicted molar refractivity (Wildman–Crippen MR) is 61.1 cm³/mol. The van der Waals surface area contributed by atoms with Gasteiger partial charge in [-0.2, -0.15) is 0 Å². The van der Waals surface area contributed by atoms with E-state index in [0.29, 0.717) is 0 Å². The number of amides is 2. The van der Waals surface area contributed by atoms with Crippen LogP contribution < -0.4 is 0 Å². The highest BCUT2D eigenvalue weighted by molar-refractivity contribution is 6.01. The molecule has 0 aromatic carbocycles. The van der Waals surface area contributed by atoms with E-state index in [0.717, 1.165) is 4.90 Å². The molecule has 0 aromatic heterocycles. The SMILES string of the molecule is CC1CC(=O)N(C(C(=O)O)C(C)(C)C)C(=O)C1. The molecule has 0 radical (unpaired) electrons. The van der Waals surface area contributed by atoms with E-state index in [4.69, 9.17) is 0 Å². The van der Waals surface area contributed by atoms with Gasteiger partial charge in [0, 0.05) is 12.8 Å². The van der Waals surface area contributed by atoms with Crippen molar-refractivity contribution in [3.63, 3.8) is 0 Å². The quantitative estimate of drug-likeness (QED) is 0.739. The Morgan fingerprint density at radius 2 is 1.71 bits per heavy atom. The molecule has 1 atom stereocenters. The predicted octanol–water partition coefficient (Wildman–Crippen LogP) is 1.27. The molecule has 0 spiro atoms. The van der Waals surface area contributed by atoms with Gasteiger partial charge in [0.1, 0.15) is 6.04 Å². The van der Waals surface area contributed by atoms with Crippen LogP contribution in [-0.4, -0.2) is 33.8 Å². The number of carbonyl (C=O) groups excluding carboxylic acids is 2. The monoisotopic (exact) mass is 241 g/mol. The lowest BCUT2D eigenvalue weighted by Crippen LogP contribution is -2.57. The van der Waals surface area contributed by atoms with Crippen LogP contribution in [0.5, 0.6) is 0 Å². The first kappa shape index (κ1) is 13.7. The topological polar surface area (TPSA) is 74.7 Å². The number of carbonyl (C=O) groups is 3. The molecule has 0 bridgehead atoms. The van der Waals surface area contributed by atoms with Crippen molar-refractivity contribution in [1.82, 2.24) is 4.90 Å². The number of aliphatic carboxylic acids is 1. The van der Waals surface area contributed by atoms with Crippen molar-refractivity contribution in [2.45, 2.75) is 46.6 Å². The summed E-state index contributed by atoms with van der Waals surface area (Å²) in [6.07, 6.45) is 0.483. The van der Waals surface area contributed by atoms with E-state index < -0.39 is 17.4 Å². The summed E-state index contributed by atoms with van der Waals surface area (Å²) in [5.41, 5.74) is -0.669. The standard InChI is InChI=1S/C12H19NO4/c1-7-5-8(14)13(9(15)6-7)10(11(16)17)12(2,3)4/h7,10H,5-6H2,1-4H3,(H,16,17). The minimum absolute atomic E-state index is 0.000614. The first-order valence-corrected chi connectivity index (χ1v) is 5.72. The minimum atomic E-state index is -1.13. The maximum Gasteiger partial charge on any atom is 0.327 e. The van der Waals surface area contributed by atoms with Gasteiger partial charge >= 0.3 is 5.97 Å². The van der Waals surface area contributed by atoms with Crippen LogP contribution in [0.25, 0.3) is 0 Å². The average Bonchev–Trinajstić information content (AvgIpc) is 2.07. The van der Waals surface area contributed by atoms with Crippen molar-refractivity contribution >= 4 is 17.8 Å². The van der Waals surface area contributed by atoms with Crippen LogP contribution in [0.2, 0.25) is 0 Å². The summed E-state index contributed by atoms with van der Waals surface area (Å²) in [4.78, 5) is 35.9. The summed E-state index contributed by atoms with van der Waals surface area (Å²) in [5.74, 6) is -1.89. The fourth-order valence-electron chi connectivity index (χ4n) is 2.16. The number of carboxylic acids is 1. The fourth-order valence-corrected chi connectivity index (χ4v) is 2.16. The van der Waals surface area contributed by atoms with Crippen molar-refractivity contribution in [2.24, 2.45) is 11.3 Å². The Morgan fingerprint density at radius 1 is 1.29 bits per heavy atom. The van der Waals surface area contributed by atoms with Gasteiger partial charge in [0.15, 0.2) is 0 Å². The lowest BCUT2D eigenvalue weighted by Gasteiger charge is -2.38. The Balaban J connectivity index is 3.07. The summed E-state index contributed by atoms with van der Waals surface area (Å²) in [7, 11) is 0. The van der Waals surface area contributed by atoms with E-state index in [-0.39, 0.29) is 30.6 Å². The van der Waals surface area contributed by atoms with Crippen LogP contribution in [-0.2, 0) is 14.4 Å². The van der Waals surface area contributed by atoms with Crippen LogP contribution in [0.4, 0.5) is 0 Å². The van der Waals surface area contributed by atoms with E-state index >= 15 is 0 Å². The number of rotatable bonds is 2.